The Bertz CT molecular complexity index is 558. The first kappa shape index (κ1) is 14.2. The highest BCUT2D eigenvalue weighted by Crippen LogP contribution is 2.19. The normalized spacial score (nSPS) is 16.8. The molecule has 2 rings (SSSR count). The quantitative estimate of drug-likeness (QED) is 0.789. The van der Waals surface area contributed by atoms with E-state index < -0.39 is 0 Å². The third-order valence-corrected chi connectivity index (χ3v) is 3.12. The maximum Gasteiger partial charge on any atom is 0.277 e. The van der Waals surface area contributed by atoms with Crippen LogP contribution in [0.5, 0.6) is 0 Å². The van der Waals surface area contributed by atoms with Gasteiger partial charge in [0, 0.05) is 26.8 Å². The van der Waals surface area contributed by atoms with Gasteiger partial charge in [-0.1, -0.05) is 6.92 Å². The van der Waals surface area contributed by atoms with Crippen LogP contribution in [0.2, 0.25) is 0 Å². The monoisotopic (exact) mass is 272 g/mol. The van der Waals surface area contributed by atoms with Gasteiger partial charge in [-0.15, -0.1) is 0 Å². The molecule has 106 valence electrons. The standard InChI is InChI=1S/C15H20N4O/c1-5-8-19-11(2)17-13(15(19)20)9-12-6-7-14(16-10-12)18(3)4/h6-7,9-10H,5,8H2,1-4H3/b13-9-. The summed E-state index contributed by atoms with van der Waals surface area (Å²) in [5.41, 5.74) is 1.37. The summed E-state index contributed by atoms with van der Waals surface area (Å²) >= 11 is 0. The Balaban J connectivity index is 2.21. The summed E-state index contributed by atoms with van der Waals surface area (Å²) < 4.78 is 0. The van der Waals surface area contributed by atoms with Crippen molar-refractivity contribution in [3.63, 3.8) is 0 Å². The number of hydrogen-bond acceptors (Lipinski definition) is 4. The molecule has 1 amide bonds. The number of carbonyl (C=O) groups is 1. The van der Waals surface area contributed by atoms with E-state index in [0.717, 1.165) is 23.6 Å². The van der Waals surface area contributed by atoms with Gasteiger partial charge in [0.15, 0.2) is 0 Å². The van der Waals surface area contributed by atoms with Crippen LogP contribution in [0.4, 0.5) is 5.82 Å². The molecular weight excluding hydrogens is 252 g/mol. The third kappa shape index (κ3) is 2.87. The summed E-state index contributed by atoms with van der Waals surface area (Å²) in [7, 11) is 3.88. The second kappa shape index (κ2) is 5.86. The Kier molecular flexibility index (Phi) is 4.17. The molecule has 20 heavy (non-hydrogen) atoms. The minimum absolute atomic E-state index is 0.0268. The first-order chi connectivity index (χ1) is 9.52. The first-order valence-electron chi connectivity index (χ1n) is 6.75. The molecule has 0 aliphatic carbocycles. The van der Waals surface area contributed by atoms with Crippen LogP contribution in [0.1, 0.15) is 25.8 Å². The second-order valence-electron chi connectivity index (χ2n) is 4.99. The van der Waals surface area contributed by atoms with Gasteiger partial charge in [0.05, 0.1) is 0 Å². The predicted octanol–water partition coefficient (Wildman–Crippen LogP) is 2.16. The highest BCUT2D eigenvalue weighted by molar-refractivity contribution is 6.13. The van der Waals surface area contributed by atoms with Gasteiger partial charge in [-0.25, -0.2) is 9.98 Å². The summed E-state index contributed by atoms with van der Waals surface area (Å²) in [5, 5.41) is 0. The van der Waals surface area contributed by atoms with E-state index in [1.54, 1.807) is 17.2 Å². The molecule has 0 unspecified atom stereocenters. The van der Waals surface area contributed by atoms with Crippen LogP contribution in [0, 0.1) is 0 Å². The molecule has 0 spiro atoms. The van der Waals surface area contributed by atoms with Gasteiger partial charge >= 0.3 is 0 Å². The zero-order valence-corrected chi connectivity index (χ0v) is 12.4. The number of aliphatic imine (C=N–C) groups is 1. The number of amidine groups is 1. The predicted molar refractivity (Wildman–Crippen MR) is 81.7 cm³/mol. The molecule has 0 N–H and O–H groups in total. The van der Waals surface area contributed by atoms with Crippen molar-refractivity contribution in [3.8, 4) is 0 Å². The number of aromatic nitrogens is 1. The maximum absolute atomic E-state index is 12.2. The van der Waals surface area contributed by atoms with Crippen LogP contribution in [0.15, 0.2) is 29.0 Å². The third-order valence-electron chi connectivity index (χ3n) is 3.12. The van der Waals surface area contributed by atoms with Crippen LogP contribution >= 0.6 is 0 Å². The van der Waals surface area contributed by atoms with Gasteiger partial charge in [0.1, 0.15) is 17.4 Å². The Labute approximate surface area is 119 Å². The highest BCUT2D eigenvalue weighted by Gasteiger charge is 2.26. The number of amides is 1. The van der Waals surface area contributed by atoms with E-state index in [0.29, 0.717) is 12.2 Å². The summed E-state index contributed by atoms with van der Waals surface area (Å²) in [6.45, 7) is 4.62. The number of hydrogen-bond donors (Lipinski definition) is 0. The van der Waals surface area contributed by atoms with Gasteiger partial charge in [-0.2, -0.15) is 0 Å². The molecule has 0 aromatic carbocycles. The van der Waals surface area contributed by atoms with Crippen molar-refractivity contribution in [1.29, 1.82) is 0 Å². The average Bonchev–Trinajstić information content (AvgIpc) is 2.67. The lowest BCUT2D eigenvalue weighted by Crippen LogP contribution is -2.31. The maximum atomic E-state index is 12.2. The van der Waals surface area contributed by atoms with Crippen LogP contribution in [0.25, 0.3) is 6.08 Å². The summed E-state index contributed by atoms with van der Waals surface area (Å²) in [4.78, 5) is 24.5. The van der Waals surface area contributed by atoms with E-state index in [4.69, 9.17) is 0 Å². The Morgan fingerprint density at radius 3 is 2.65 bits per heavy atom. The number of nitrogens with zero attached hydrogens (tertiary/aromatic N) is 4. The van der Waals surface area contributed by atoms with Crippen LogP contribution in [-0.2, 0) is 4.79 Å². The fraction of sp³-hybridized carbons (Fsp3) is 0.400. The second-order valence-corrected chi connectivity index (χ2v) is 4.99. The van der Waals surface area contributed by atoms with Crippen LogP contribution < -0.4 is 4.90 Å². The van der Waals surface area contributed by atoms with Crippen molar-refractivity contribution in [2.75, 3.05) is 25.5 Å². The molecule has 1 aromatic rings. The summed E-state index contributed by atoms with van der Waals surface area (Å²) in [6.07, 6.45) is 4.46. The molecule has 0 saturated carbocycles. The Hall–Kier alpha value is -2.17. The van der Waals surface area contributed by atoms with Gasteiger partial charge in [0.2, 0.25) is 0 Å². The summed E-state index contributed by atoms with van der Waals surface area (Å²) in [6, 6.07) is 3.86. The zero-order valence-electron chi connectivity index (χ0n) is 12.4. The van der Waals surface area contributed by atoms with E-state index in [2.05, 4.69) is 9.98 Å². The number of pyridine rings is 1. The smallest absolute Gasteiger partial charge is 0.277 e. The Morgan fingerprint density at radius 1 is 1.35 bits per heavy atom. The average molecular weight is 272 g/mol. The zero-order chi connectivity index (χ0) is 14.7. The Morgan fingerprint density at radius 2 is 2.10 bits per heavy atom. The van der Waals surface area contributed by atoms with Crippen molar-refractivity contribution in [3.05, 3.63) is 29.6 Å². The molecule has 1 aliphatic heterocycles. The summed E-state index contributed by atoms with van der Waals surface area (Å²) in [5.74, 6) is 1.62. The molecule has 2 heterocycles. The van der Waals surface area contributed by atoms with Crippen LogP contribution in [-0.4, -0.2) is 42.3 Å². The lowest BCUT2D eigenvalue weighted by Gasteiger charge is -2.13. The lowest BCUT2D eigenvalue weighted by molar-refractivity contribution is -0.122. The highest BCUT2D eigenvalue weighted by atomic mass is 16.2. The van der Waals surface area contributed by atoms with Gasteiger partial charge in [-0.3, -0.25) is 9.69 Å². The first-order valence-corrected chi connectivity index (χ1v) is 6.75. The van der Waals surface area contributed by atoms with Gasteiger partial charge in [-0.05, 0) is 37.1 Å². The molecule has 0 atom stereocenters. The molecule has 0 fully saturated rings. The minimum Gasteiger partial charge on any atom is -0.363 e. The molecule has 0 radical (unpaired) electrons. The molecule has 5 heteroatoms. The van der Waals surface area contributed by atoms with Crippen molar-refractivity contribution >= 4 is 23.6 Å². The number of carbonyl (C=O) groups excluding carboxylic acids is 1. The van der Waals surface area contributed by atoms with Gasteiger partial charge < -0.3 is 4.90 Å². The molecule has 0 bridgehead atoms. The molecular formula is C15H20N4O. The van der Waals surface area contributed by atoms with Crippen LogP contribution in [0.3, 0.4) is 0 Å². The molecule has 0 saturated heterocycles. The fourth-order valence-electron chi connectivity index (χ4n) is 2.05. The minimum atomic E-state index is -0.0268. The van der Waals surface area contributed by atoms with Crippen molar-refractivity contribution in [2.45, 2.75) is 20.3 Å². The largest absolute Gasteiger partial charge is 0.363 e. The molecule has 5 nitrogen and oxygen atoms in total. The van der Waals surface area contributed by atoms with Crippen molar-refractivity contribution in [2.24, 2.45) is 4.99 Å². The van der Waals surface area contributed by atoms with E-state index in [-0.39, 0.29) is 5.91 Å². The SMILES string of the molecule is CCCN1C(=O)/C(=C/c2ccc(N(C)C)nc2)N=C1C. The van der Waals surface area contributed by atoms with Crippen molar-refractivity contribution in [1.82, 2.24) is 9.88 Å². The topological polar surface area (TPSA) is 48.8 Å². The number of rotatable bonds is 4. The molecule has 1 aromatic heterocycles. The van der Waals surface area contributed by atoms with E-state index in [9.17, 15) is 4.79 Å². The molecule has 1 aliphatic rings. The van der Waals surface area contributed by atoms with Crippen molar-refractivity contribution < 1.29 is 4.79 Å². The lowest BCUT2D eigenvalue weighted by atomic mass is 10.2. The fourth-order valence-corrected chi connectivity index (χ4v) is 2.05. The van der Waals surface area contributed by atoms with E-state index in [1.807, 2.05) is 45.0 Å². The number of anilines is 1. The van der Waals surface area contributed by atoms with E-state index >= 15 is 0 Å². The van der Waals surface area contributed by atoms with Gasteiger partial charge in [0.25, 0.3) is 5.91 Å². The van der Waals surface area contributed by atoms with E-state index in [1.165, 1.54) is 0 Å².